The van der Waals surface area contributed by atoms with Gasteiger partial charge in [-0.1, -0.05) is 44.9 Å². The fraction of sp³-hybridized carbons (Fsp3) is 0.440. The summed E-state index contributed by atoms with van der Waals surface area (Å²) < 4.78 is 8.07. The molecule has 1 saturated carbocycles. The Labute approximate surface area is 183 Å². The van der Waals surface area contributed by atoms with Crippen LogP contribution in [0.3, 0.4) is 0 Å². The fourth-order valence-electron chi connectivity index (χ4n) is 4.76. The van der Waals surface area contributed by atoms with Crippen molar-refractivity contribution in [2.24, 2.45) is 16.6 Å². The third-order valence-corrected chi connectivity index (χ3v) is 6.77. The third kappa shape index (κ3) is 4.17. The quantitative estimate of drug-likeness (QED) is 0.553. The zero-order valence-corrected chi connectivity index (χ0v) is 18.3. The zero-order valence-electron chi connectivity index (χ0n) is 18.3. The first-order chi connectivity index (χ1) is 14.8. The van der Waals surface area contributed by atoms with Gasteiger partial charge in [-0.3, -0.25) is 4.79 Å². The highest BCUT2D eigenvalue weighted by Gasteiger charge is 2.42. The molecule has 1 aliphatic carbocycles. The molecule has 31 heavy (non-hydrogen) atoms. The Hall–Kier alpha value is -2.86. The molecule has 1 aliphatic rings. The van der Waals surface area contributed by atoms with Gasteiger partial charge < -0.3 is 20.1 Å². The second kappa shape index (κ2) is 8.35. The van der Waals surface area contributed by atoms with Gasteiger partial charge in [0.05, 0.1) is 12.4 Å². The summed E-state index contributed by atoms with van der Waals surface area (Å²) in [5, 5.41) is 11.8. The summed E-state index contributed by atoms with van der Waals surface area (Å²) in [6.07, 6.45) is 8.88. The van der Waals surface area contributed by atoms with E-state index in [-0.39, 0.29) is 18.1 Å². The number of hydrogen-bond acceptors (Lipinski definition) is 4. The van der Waals surface area contributed by atoms with Gasteiger partial charge in [0.25, 0.3) is 0 Å². The predicted molar refractivity (Wildman–Crippen MR) is 121 cm³/mol. The van der Waals surface area contributed by atoms with Crippen molar-refractivity contribution in [2.75, 3.05) is 13.2 Å². The minimum Gasteiger partial charge on any atom is -0.492 e. The summed E-state index contributed by atoms with van der Waals surface area (Å²) in [5.74, 6) is -0.0373. The number of nitrogens with zero attached hydrogens (tertiary/aromatic N) is 2. The van der Waals surface area contributed by atoms with Gasteiger partial charge in [0.2, 0.25) is 0 Å². The molecule has 1 aromatic heterocycles. The van der Waals surface area contributed by atoms with Crippen molar-refractivity contribution in [3.63, 3.8) is 0 Å². The zero-order chi connectivity index (χ0) is 22.1. The molecule has 1 heterocycles. The monoisotopic (exact) mass is 421 g/mol. The Morgan fingerprint density at radius 2 is 1.94 bits per heavy atom. The number of carboxylic acids is 1. The number of nitrogens with two attached hydrogens (primary N) is 1. The topological polar surface area (TPSA) is 90.4 Å². The number of aromatic nitrogens is 2. The Morgan fingerprint density at radius 3 is 2.58 bits per heavy atom. The lowest BCUT2D eigenvalue weighted by Crippen LogP contribution is -2.34. The molecular weight excluding hydrogens is 390 g/mol. The van der Waals surface area contributed by atoms with E-state index in [1.54, 1.807) is 6.20 Å². The SMILES string of the molecule is CC(C)(CN)C(c1ccc2cc(OCC3(C(=O)O)CCCC3)ccc2c1)n1ccnc1. The maximum atomic E-state index is 11.8. The van der Waals surface area contributed by atoms with Gasteiger partial charge >= 0.3 is 5.97 Å². The number of benzene rings is 2. The molecule has 6 nitrogen and oxygen atoms in total. The average molecular weight is 422 g/mol. The minimum absolute atomic E-state index is 0.0677. The first-order valence-electron chi connectivity index (χ1n) is 10.9. The van der Waals surface area contributed by atoms with Crippen molar-refractivity contribution in [3.05, 3.63) is 60.7 Å². The van der Waals surface area contributed by atoms with Gasteiger partial charge in [-0.05, 0) is 53.9 Å². The van der Waals surface area contributed by atoms with E-state index >= 15 is 0 Å². The molecule has 1 atom stereocenters. The molecule has 0 bridgehead atoms. The van der Waals surface area contributed by atoms with Crippen molar-refractivity contribution >= 4 is 16.7 Å². The second-order valence-electron chi connectivity index (χ2n) is 9.45. The number of fused-ring (bicyclic) bond motifs is 1. The standard InChI is InChI=1S/C25H31N3O3/c1-24(2,15-26)22(28-12-11-27-17-28)20-6-5-19-14-21(8-7-18(19)13-20)31-16-25(23(29)30)9-3-4-10-25/h5-8,11-14,17,22H,3-4,9-10,15-16,26H2,1-2H3,(H,29,30). The number of imidazole rings is 1. The number of carboxylic acid groups (broad SMARTS) is 1. The van der Waals surface area contributed by atoms with Gasteiger partial charge in [-0.2, -0.15) is 0 Å². The van der Waals surface area contributed by atoms with E-state index in [9.17, 15) is 9.90 Å². The Bertz CT molecular complexity index is 1050. The van der Waals surface area contributed by atoms with Crippen LogP contribution in [0.25, 0.3) is 10.8 Å². The summed E-state index contributed by atoms with van der Waals surface area (Å²) in [7, 11) is 0. The first-order valence-corrected chi connectivity index (χ1v) is 10.9. The normalized spacial score (nSPS) is 17.0. The van der Waals surface area contributed by atoms with Crippen LogP contribution in [-0.4, -0.2) is 33.8 Å². The van der Waals surface area contributed by atoms with Crippen LogP contribution in [0.4, 0.5) is 0 Å². The molecule has 0 aliphatic heterocycles. The van der Waals surface area contributed by atoms with E-state index in [1.165, 1.54) is 5.56 Å². The number of ether oxygens (including phenoxy) is 1. The van der Waals surface area contributed by atoms with Crippen molar-refractivity contribution in [1.82, 2.24) is 9.55 Å². The summed E-state index contributed by atoms with van der Waals surface area (Å²) >= 11 is 0. The Balaban J connectivity index is 1.60. The van der Waals surface area contributed by atoms with Crippen LogP contribution >= 0.6 is 0 Å². The number of carbonyl (C=O) groups is 1. The molecule has 3 aromatic rings. The maximum Gasteiger partial charge on any atom is 0.313 e. The van der Waals surface area contributed by atoms with Crippen LogP contribution in [0.2, 0.25) is 0 Å². The summed E-state index contributed by atoms with van der Waals surface area (Å²) in [4.78, 5) is 16.0. The number of rotatable bonds is 8. The van der Waals surface area contributed by atoms with E-state index < -0.39 is 11.4 Å². The van der Waals surface area contributed by atoms with E-state index in [1.807, 2.05) is 30.7 Å². The lowest BCUT2D eigenvalue weighted by molar-refractivity contribution is -0.150. The van der Waals surface area contributed by atoms with Crippen LogP contribution in [-0.2, 0) is 4.79 Å². The summed E-state index contributed by atoms with van der Waals surface area (Å²) in [6.45, 7) is 5.10. The minimum atomic E-state index is -0.747. The predicted octanol–water partition coefficient (Wildman–Crippen LogP) is 4.63. The van der Waals surface area contributed by atoms with Crippen LogP contribution in [0.15, 0.2) is 55.1 Å². The van der Waals surface area contributed by atoms with E-state index in [2.05, 4.69) is 41.6 Å². The average Bonchev–Trinajstić information content (AvgIpc) is 3.45. The second-order valence-corrected chi connectivity index (χ2v) is 9.45. The molecule has 3 N–H and O–H groups in total. The largest absolute Gasteiger partial charge is 0.492 e. The molecule has 4 rings (SSSR count). The molecule has 0 spiro atoms. The molecule has 164 valence electrons. The smallest absolute Gasteiger partial charge is 0.313 e. The number of aliphatic carboxylic acids is 1. The van der Waals surface area contributed by atoms with Gasteiger partial charge in [0, 0.05) is 17.8 Å². The van der Waals surface area contributed by atoms with Crippen LogP contribution in [0.5, 0.6) is 5.75 Å². The lowest BCUT2D eigenvalue weighted by atomic mass is 9.80. The van der Waals surface area contributed by atoms with Crippen LogP contribution in [0, 0.1) is 10.8 Å². The highest BCUT2D eigenvalue weighted by Crippen LogP contribution is 2.40. The molecule has 0 radical (unpaired) electrons. The van der Waals surface area contributed by atoms with Crippen molar-refractivity contribution in [1.29, 1.82) is 0 Å². The van der Waals surface area contributed by atoms with Crippen LogP contribution < -0.4 is 10.5 Å². The molecule has 6 heteroatoms. The van der Waals surface area contributed by atoms with E-state index in [0.717, 1.165) is 23.6 Å². The molecule has 1 unspecified atom stereocenters. The molecular formula is C25H31N3O3. The van der Waals surface area contributed by atoms with Crippen molar-refractivity contribution in [3.8, 4) is 5.75 Å². The maximum absolute atomic E-state index is 11.8. The highest BCUT2D eigenvalue weighted by atomic mass is 16.5. The van der Waals surface area contributed by atoms with Gasteiger partial charge in [-0.15, -0.1) is 0 Å². The molecule has 1 fully saturated rings. The fourth-order valence-corrected chi connectivity index (χ4v) is 4.76. The van der Waals surface area contributed by atoms with Gasteiger partial charge in [0.15, 0.2) is 0 Å². The molecule has 0 saturated heterocycles. The highest BCUT2D eigenvalue weighted by molar-refractivity contribution is 5.84. The Morgan fingerprint density at radius 1 is 1.23 bits per heavy atom. The third-order valence-electron chi connectivity index (χ3n) is 6.77. The number of hydrogen-bond donors (Lipinski definition) is 2. The molecule has 2 aromatic carbocycles. The van der Waals surface area contributed by atoms with Gasteiger partial charge in [0.1, 0.15) is 17.8 Å². The van der Waals surface area contributed by atoms with E-state index in [0.29, 0.717) is 25.1 Å². The van der Waals surface area contributed by atoms with Crippen LogP contribution in [0.1, 0.15) is 51.1 Å². The van der Waals surface area contributed by atoms with Crippen molar-refractivity contribution < 1.29 is 14.6 Å². The van der Waals surface area contributed by atoms with Gasteiger partial charge in [-0.25, -0.2) is 4.98 Å². The van der Waals surface area contributed by atoms with E-state index in [4.69, 9.17) is 10.5 Å². The lowest BCUT2D eigenvalue weighted by Gasteiger charge is -2.34. The Kier molecular flexibility index (Phi) is 5.75. The molecule has 0 amide bonds. The summed E-state index contributed by atoms with van der Waals surface area (Å²) in [6, 6.07) is 12.4. The summed E-state index contributed by atoms with van der Waals surface area (Å²) in [5.41, 5.74) is 6.39. The first kappa shape index (κ1) is 21.4. The van der Waals surface area contributed by atoms with Crippen molar-refractivity contribution in [2.45, 2.75) is 45.6 Å².